The summed E-state index contributed by atoms with van der Waals surface area (Å²) in [5.41, 5.74) is 1.24. The van der Waals surface area contributed by atoms with Gasteiger partial charge in [0.05, 0.1) is 32.0 Å². The monoisotopic (exact) mass is 380 g/mol. The second kappa shape index (κ2) is 7.32. The summed E-state index contributed by atoms with van der Waals surface area (Å²) in [5.74, 6) is 1.40. The Hall–Kier alpha value is -2.28. The molecule has 122 valence electrons. The van der Waals surface area contributed by atoms with E-state index < -0.39 is 0 Å². The maximum absolute atomic E-state index is 12.3. The minimum Gasteiger partial charge on any atom is -0.493 e. The zero-order valence-corrected chi connectivity index (χ0v) is 14.9. The molecule has 0 fully saturated rings. The number of methoxy groups -OCH3 is 3. The summed E-state index contributed by atoms with van der Waals surface area (Å²) in [5, 5.41) is 4.03. The summed E-state index contributed by atoms with van der Waals surface area (Å²) in [6.45, 7) is 0. The molecule has 1 aromatic carbocycles. The molecular weight excluding hydrogens is 364 g/mol. The van der Waals surface area contributed by atoms with Crippen LogP contribution in [0.5, 0.6) is 17.2 Å². The summed E-state index contributed by atoms with van der Waals surface area (Å²) in [6, 6.07) is 3.53. The van der Waals surface area contributed by atoms with Crippen LogP contribution in [0.2, 0.25) is 0 Å². The van der Waals surface area contributed by atoms with Gasteiger partial charge >= 0.3 is 0 Å². The third-order valence-corrected chi connectivity index (χ3v) is 3.82. The average molecular weight is 381 g/mol. The van der Waals surface area contributed by atoms with Crippen molar-refractivity contribution in [3.63, 3.8) is 0 Å². The van der Waals surface area contributed by atoms with Crippen LogP contribution in [0.15, 0.2) is 28.9 Å². The van der Waals surface area contributed by atoms with Gasteiger partial charge in [0.2, 0.25) is 11.5 Å². The van der Waals surface area contributed by atoms with E-state index in [9.17, 15) is 4.79 Å². The SMILES string of the molecule is COc1cc(/C=C/C(=O)c2c(Br)cnn2C)cc(OC)c1OC. The van der Waals surface area contributed by atoms with E-state index in [1.807, 2.05) is 0 Å². The number of nitrogens with zero attached hydrogens (tertiary/aromatic N) is 2. The van der Waals surface area contributed by atoms with Crippen LogP contribution < -0.4 is 14.2 Å². The van der Waals surface area contributed by atoms with Crippen LogP contribution in [0.1, 0.15) is 16.1 Å². The molecule has 0 N–H and O–H groups in total. The van der Waals surface area contributed by atoms with E-state index in [0.29, 0.717) is 27.4 Å². The second-order valence-electron chi connectivity index (χ2n) is 4.62. The van der Waals surface area contributed by atoms with Crippen molar-refractivity contribution >= 4 is 27.8 Å². The van der Waals surface area contributed by atoms with Gasteiger partial charge in [0.25, 0.3) is 0 Å². The zero-order valence-electron chi connectivity index (χ0n) is 13.3. The molecule has 0 aliphatic carbocycles. The fourth-order valence-electron chi connectivity index (χ4n) is 2.14. The molecule has 0 spiro atoms. The van der Waals surface area contributed by atoms with Gasteiger partial charge in [0, 0.05) is 7.05 Å². The Balaban J connectivity index is 2.34. The van der Waals surface area contributed by atoms with Crippen LogP contribution in [0.4, 0.5) is 0 Å². The van der Waals surface area contributed by atoms with E-state index >= 15 is 0 Å². The first-order valence-corrected chi connectivity index (χ1v) is 7.51. The number of aromatic nitrogens is 2. The quantitative estimate of drug-likeness (QED) is 0.569. The number of ether oxygens (including phenoxy) is 3. The van der Waals surface area contributed by atoms with Crippen molar-refractivity contribution in [2.24, 2.45) is 7.05 Å². The first-order valence-electron chi connectivity index (χ1n) is 6.71. The lowest BCUT2D eigenvalue weighted by molar-refractivity contribution is 0.103. The molecule has 2 rings (SSSR count). The second-order valence-corrected chi connectivity index (χ2v) is 5.48. The smallest absolute Gasteiger partial charge is 0.205 e. The number of halogens is 1. The number of allylic oxidation sites excluding steroid dienone is 1. The molecule has 0 saturated carbocycles. The van der Waals surface area contributed by atoms with Crippen LogP contribution in [0.25, 0.3) is 6.08 Å². The van der Waals surface area contributed by atoms with Gasteiger partial charge in [0.15, 0.2) is 11.5 Å². The summed E-state index contributed by atoms with van der Waals surface area (Å²) in [6.07, 6.45) is 4.75. The molecule has 7 heteroatoms. The number of hydrogen-bond acceptors (Lipinski definition) is 5. The minimum atomic E-state index is -0.161. The van der Waals surface area contributed by atoms with Crippen molar-refractivity contribution in [2.75, 3.05) is 21.3 Å². The maximum Gasteiger partial charge on any atom is 0.205 e. The number of benzene rings is 1. The van der Waals surface area contributed by atoms with Gasteiger partial charge < -0.3 is 14.2 Å². The van der Waals surface area contributed by atoms with Gasteiger partial charge in [-0.2, -0.15) is 5.10 Å². The van der Waals surface area contributed by atoms with Crippen molar-refractivity contribution in [2.45, 2.75) is 0 Å². The Labute approximate surface area is 142 Å². The van der Waals surface area contributed by atoms with Gasteiger partial charge in [-0.05, 0) is 39.7 Å². The Morgan fingerprint density at radius 2 is 1.78 bits per heavy atom. The molecule has 0 saturated heterocycles. The molecule has 0 atom stereocenters. The Morgan fingerprint density at radius 3 is 2.22 bits per heavy atom. The lowest BCUT2D eigenvalue weighted by atomic mass is 10.1. The Kier molecular flexibility index (Phi) is 5.44. The van der Waals surface area contributed by atoms with Gasteiger partial charge in [0.1, 0.15) is 5.69 Å². The average Bonchev–Trinajstić information content (AvgIpc) is 2.90. The van der Waals surface area contributed by atoms with Crippen LogP contribution in [0, 0.1) is 0 Å². The molecule has 0 bridgehead atoms. The van der Waals surface area contributed by atoms with Crippen LogP contribution >= 0.6 is 15.9 Å². The van der Waals surface area contributed by atoms with Gasteiger partial charge in [-0.3, -0.25) is 9.48 Å². The van der Waals surface area contributed by atoms with Crippen LogP contribution in [0.3, 0.4) is 0 Å². The van der Waals surface area contributed by atoms with Gasteiger partial charge in [-0.15, -0.1) is 0 Å². The highest BCUT2D eigenvalue weighted by atomic mass is 79.9. The molecule has 0 aliphatic rings. The first-order chi connectivity index (χ1) is 11.0. The first kappa shape index (κ1) is 17.1. The van der Waals surface area contributed by atoms with Crippen molar-refractivity contribution in [3.8, 4) is 17.2 Å². The summed E-state index contributed by atoms with van der Waals surface area (Å²) < 4.78 is 18.0. The Bertz CT molecular complexity index is 708. The highest BCUT2D eigenvalue weighted by molar-refractivity contribution is 9.10. The number of aryl methyl sites for hydroxylation is 1. The van der Waals surface area contributed by atoms with Crippen molar-refractivity contribution < 1.29 is 19.0 Å². The van der Waals surface area contributed by atoms with Crippen molar-refractivity contribution in [1.82, 2.24) is 9.78 Å². The summed E-state index contributed by atoms with van der Waals surface area (Å²) in [4.78, 5) is 12.3. The van der Waals surface area contributed by atoms with E-state index in [1.165, 1.54) is 10.8 Å². The molecule has 1 aromatic heterocycles. The van der Waals surface area contributed by atoms with Gasteiger partial charge in [-0.1, -0.05) is 6.08 Å². The molecule has 1 heterocycles. The maximum atomic E-state index is 12.3. The number of ketones is 1. The standard InChI is InChI=1S/C16H17BrN2O4/c1-19-15(11(17)9-18-19)12(20)6-5-10-7-13(21-2)16(23-4)14(8-10)22-3/h5-9H,1-4H3/b6-5+. The van der Waals surface area contributed by atoms with E-state index in [1.54, 1.807) is 52.8 Å². The minimum absolute atomic E-state index is 0.161. The topological polar surface area (TPSA) is 62.6 Å². The van der Waals surface area contributed by atoms with E-state index in [2.05, 4.69) is 21.0 Å². The molecule has 0 amide bonds. The molecular formula is C16H17BrN2O4. The molecule has 0 aliphatic heterocycles. The highest BCUT2D eigenvalue weighted by Gasteiger charge is 2.14. The third kappa shape index (κ3) is 3.56. The zero-order chi connectivity index (χ0) is 17.0. The Morgan fingerprint density at radius 1 is 1.17 bits per heavy atom. The van der Waals surface area contributed by atoms with E-state index in [4.69, 9.17) is 14.2 Å². The fraction of sp³-hybridized carbons (Fsp3) is 0.250. The van der Waals surface area contributed by atoms with Gasteiger partial charge in [-0.25, -0.2) is 0 Å². The van der Waals surface area contributed by atoms with Crippen molar-refractivity contribution in [1.29, 1.82) is 0 Å². The highest BCUT2D eigenvalue weighted by Crippen LogP contribution is 2.38. The molecule has 2 aromatic rings. The van der Waals surface area contributed by atoms with Crippen molar-refractivity contribution in [3.05, 3.63) is 40.1 Å². The lowest BCUT2D eigenvalue weighted by Gasteiger charge is -2.12. The molecule has 23 heavy (non-hydrogen) atoms. The predicted octanol–water partition coefficient (Wildman–Crippen LogP) is 3.10. The molecule has 0 unspecified atom stereocenters. The van der Waals surface area contributed by atoms with E-state index in [-0.39, 0.29) is 5.78 Å². The number of carbonyl (C=O) groups excluding carboxylic acids is 1. The third-order valence-electron chi connectivity index (χ3n) is 3.24. The number of rotatable bonds is 6. The normalized spacial score (nSPS) is 10.8. The number of hydrogen-bond donors (Lipinski definition) is 0. The molecule has 0 radical (unpaired) electrons. The molecule has 6 nitrogen and oxygen atoms in total. The predicted molar refractivity (Wildman–Crippen MR) is 90.4 cm³/mol. The van der Waals surface area contributed by atoms with Crippen LogP contribution in [-0.4, -0.2) is 36.9 Å². The number of carbonyl (C=O) groups is 1. The van der Waals surface area contributed by atoms with E-state index in [0.717, 1.165) is 5.56 Å². The van der Waals surface area contributed by atoms with Crippen LogP contribution in [-0.2, 0) is 7.05 Å². The summed E-state index contributed by atoms with van der Waals surface area (Å²) >= 11 is 3.31. The lowest BCUT2D eigenvalue weighted by Crippen LogP contribution is -2.04. The largest absolute Gasteiger partial charge is 0.493 e. The fourth-order valence-corrected chi connectivity index (χ4v) is 2.68. The summed E-state index contributed by atoms with van der Waals surface area (Å²) in [7, 11) is 6.34.